The Morgan fingerprint density at radius 2 is 1.89 bits per heavy atom. The minimum atomic E-state index is -4.86. The number of carbonyl (C=O) groups is 1. The first-order valence-corrected chi connectivity index (χ1v) is 8.39. The van der Waals surface area contributed by atoms with Gasteiger partial charge in [-0.2, -0.15) is 13.2 Å². The maximum absolute atomic E-state index is 13.6. The Kier molecular flexibility index (Phi) is 5.37. The fourth-order valence-electron chi connectivity index (χ4n) is 2.87. The highest BCUT2D eigenvalue weighted by molar-refractivity contribution is 5.82. The van der Waals surface area contributed by atoms with Crippen LogP contribution >= 0.6 is 0 Å². The lowest BCUT2D eigenvalue weighted by Gasteiger charge is -2.10. The molecule has 0 saturated heterocycles. The van der Waals surface area contributed by atoms with Crippen molar-refractivity contribution in [2.45, 2.75) is 19.6 Å². The van der Waals surface area contributed by atoms with E-state index in [1.54, 1.807) is 6.92 Å². The zero-order valence-corrected chi connectivity index (χ0v) is 14.8. The number of Topliss-reactive ketones (excluding diaryl/α,β-unsaturated/α-hetero) is 1. The standard InChI is InChI=1S/C19H16F4N2O3/c1-2-28-11-13(26)10-25-8-7-24-6-5-14(17(24)18(25)27)12-3-4-16(20)15(9-12)19(21,22)23/h3-9H,2,10-11H2,1H3. The van der Waals surface area contributed by atoms with Gasteiger partial charge in [-0.3, -0.25) is 9.59 Å². The van der Waals surface area contributed by atoms with Crippen molar-refractivity contribution in [2.24, 2.45) is 0 Å². The summed E-state index contributed by atoms with van der Waals surface area (Å²) in [6.45, 7) is 1.72. The number of hydrogen-bond donors (Lipinski definition) is 0. The second kappa shape index (κ2) is 7.59. The average molecular weight is 396 g/mol. The first kappa shape index (κ1) is 19.8. The molecule has 0 amide bonds. The number of hydrogen-bond acceptors (Lipinski definition) is 3. The Hall–Kier alpha value is -2.94. The highest BCUT2D eigenvalue weighted by Gasteiger charge is 2.34. The third kappa shape index (κ3) is 3.84. The predicted molar refractivity (Wildman–Crippen MR) is 93.6 cm³/mol. The van der Waals surface area contributed by atoms with Crippen LogP contribution in [-0.2, 0) is 22.3 Å². The van der Waals surface area contributed by atoms with Gasteiger partial charge in [0.2, 0.25) is 0 Å². The molecule has 0 saturated carbocycles. The Morgan fingerprint density at radius 1 is 1.14 bits per heavy atom. The Bertz CT molecular complexity index is 1080. The van der Waals surface area contributed by atoms with Crippen molar-refractivity contribution >= 4 is 11.3 Å². The zero-order valence-electron chi connectivity index (χ0n) is 14.8. The van der Waals surface area contributed by atoms with E-state index in [2.05, 4.69) is 0 Å². The summed E-state index contributed by atoms with van der Waals surface area (Å²) < 4.78 is 60.2. The Morgan fingerprint density at radius 3 is 2.57 bits per heavy atom. The SMILES string of the molecule is CCOCC(=O)Cn1ccn2ccc(-c3ccc(F)c(C(F)(F)F)c3)c2c1=O. The first-order valence-electron chi connectivity index (χ1n) is 8.39. The van der Waals surface area contributed by atoms with Crippen molar-refractivity contribution < 1.29 is 27.1 Å². The van der Waals surface area contributed by atoms with Crippen LogP contribution in [-0.4, -0.2) is 28.0 Å². The fourth-order valence-corrected chi connectivity index (χ4v) is 2.87. The molecule has 0 atom stereocenters. The van der Waals surface area contributed by atoms with E-state index in [0.717, 1.165) is 10.6 Å². The second-order valence-corrected chi connectivity index (χ2v) is 6.08. The van der Waals surface area contributed by atoms with Gasteiger partial charge in [0, 0.05) is 30.8 Å². The lowest BCUT2D eigenvalue weighted by atomic mass is 10.0. The number of nitrogens with zero attached hydrogens (tertiary/aromatic N) is 2. The van der Waals surface area contributed by atoms with E-state index in [4.69, 9.17) is 4.74 Å². The lowest BCUT2D eigenvalue weighted by molar-refractivity contribution is -0.140. The molecular formula is C19H16F4N2O3. The van der Waals surface area contributed by atoms with E-state index in [1.165, 1.54) is 35.1 Å². The van der Waals surface area contributed by atoms with E-state index >= 15 is 0 Å². The molecule has 9 heteroatoms. The number of fused-ring (bicyclic) bond motifs is 1. The highest BCUT2D eigenvalue weighted by Crippen LogP contribution is 2.35. The fraction of sp³-hybridized carbons (Fsp3) is 0.263. The van der Waals surface area contributed by atoms with Crippen LogP contribution in [0, 0.1) is 5.82 Å². The maximum atomic E-state index is 13.6. The molecule has 0 aliphatic carbocycles. The summed E-state index contributed by atoms with van der Waals surface area (Å²) in [5, 5.41) is 0. The van der Waals surface area contributed by atoms with E-state index in [1.807, 2.05) is 0 Å². The van der Waals surface area contributed by atoms with Gasteiger partial charge in [0.1, 0.15) is 17.9 Å². The molecular weight excluding hydrogens is 380 g/mol. The predicted octanol–water partition coefficient (Wildman–Crippen LogP) is 3.53. The van der Waals surface area contributed by atoms with Crippen molar-refractivity contribution in [1.82, 2.24) is 8.97 Å². The molecule has 28 heavy (non-hydrogen) atoms. The van der Waals surface area contributed by atoms with Crippen molar-refractivity contribution in [3.05, 3.63) is 64.6 Å². The molecule has 0 bridgehead atoms. The summed E-state index contributed by atoms with van der Waals surface area (Å²) in [6, 6.07) is 4.03. The first-order chi connectivity index (χ1) is 13.2. The topological polar surface area (TPSA) is 52.7 Å². The van der Waals surface area contributed by atoms with Crippen LogP contribution in [0.25, 0.3) is 16.6 Å². The van der Waals surface area contributed by atoms with Crippen molar-refractivity contribution in [3.63, 3.8) is 0 Å². The molecule has 148 valence electrons. The minimum absolute atomic E-state index is 0.0479. The molecule has 3 rings (SSSR count). The van der Waals surface area contributed by atoms with Crippen LogP contribution in [0.15, 0.2) is 47.7 Å². The summed E-state index contributed by atoms with van der Waals surface area (Å²) in [5.74, 6) is -1.71. The van der Waals surface area contributed by atoms with E-state index in [9.17, 15) is 27.2 Å². The summed E-state index contributed by atoms with van der Waals surface area (Å²) in [5.41, 5.74) is -1.61. The van der Waals surface area contributed by atoms with E-state index in [0.29, 0.717) is 12.7 Å². The Labute approximate surface area is 156 Å². The number of rotatable bonds is 6. The molecule has 0 spiro atoms. The van der Waals surface area contributed by atoms with Gasteiger partial charge >= 0.3 is 6.18 Å². The van der Waals surface area contributed by atoms with E-state index < -0.39 is 23.1 Å². The molecule has 0 N–H and O–H groups in total. The molecule has 0 radical (unpaired) electrons. The lowest BCUT2D eigenvalue weighted by Crippen LogP contribution is -2.27. The number of carbonyl (C=O) groups excluding carboxylic acids is 1. The van der Waals surface area contributed by atoms with Gasteiger partial charge in [-0.15, -0.1) is 0 Å². The second-order valence-electron chi connectivity index (χ2n) is 6.08. The monoisotopic (exact) mass is 396 g/mol. The molecule has 0 unspecified atom stereocenters. The maximum Gasteiger partial charge on any atom is 0.419 e. The van der Waals surface area contributed by atoms with Crippen LogP contribution in [0.3, 0.4) is 0 Å². The third-order valence-corrected chi connectivity index (χ3v) is 4.18. The Balaban J connectivity index is 2.08. The van der Waals surface area contributed by atoms with Crippen LogP contribution in [0.4, 0.5) is 17.6 Å². The number of alkyl halides is 3. The third-order valence-electron chi connectivity index (χ3n) is 4.18. The molecule has 0 aliphatic rings. The largest absolute Gasteiger partial charge is 0.419 e. The minimum Gasteiger partial charge on any atom is -0.374 e. The van der Waals surface area contributed by atoms with Crippen LogP contribution in [0.2, 0.25) is 0 Å². The van der Waals surface area contributed by atoms with Gasteiger partial charge in [0.15, 0.2) is 5.78 Å². The zero-order chi connectivity index (χ0) is 20.5. The summed E-state index contributed by atoms with van der Waals surface area (Å²) in [7, 11) is 0. The number of aromatic nitrogens is 2. The molecule has 0 aliphatic heterocycles. The molecule has 1 aromatic carbocycles. The van der Waals surface area contributed by atoms with Crippen molar-refractivity contribution in [1.29, 1.82) is 0 Å². The van der Waals surface area contributed by atoms with Gasteiger partial charge < -0.3 is 13.7 Å². The average Bonchev–Trinajstić information content (AvgIpc) is 3.06. The summed E-state index contributed by atoms with van der Waals surface area (Å²) >= 11 is 0. The summed E-state index contributed by atoms with van der Waals surface area (Å²) in [6.07, 6.45) is -0.423. The summed E-state index contributed by atoms with van der Waals surface area (Å²) in [4.78, 5) is 24.7. The quantitative estimate of drug-likeness (QED) is 0.599. The molecule has 5 nitrogen and oxygen atoms in total. The van der Waals surface area contributed by atoms with Crippen molar-refractivity contribution in [3.8, 4) is 11.1 Å². The van der Waals surface area contributed by atoms with Crippen LogP contribution in [0.5, 0.6) is 0 Å². The van der Waals surface area contributed by atoms with Gasteiger partial charge in [0.05, 0.1) is 12.1 Å². The van der Waals surface area contributed by atoms with E-state index in [-0.39, 0.29) is 35.6 Å². The number of benzene rings is 1. The van der Waals surface area contributed by atoms with Gasteiger partial charge in [-0.25, -0.2) is 4.39 Å². The van der Waals surface area contributed by atoms with Gasteiger partial charge in [-0.05, 0) is 30.7 Å². The van der Waals surface area contributed by atoms with Gasteiger partial charge in [0.25, 0.3) is 5.56 Å². The number of ether oxygens (including phenoxy) is 1. The molecule has 3 aromatic rings. The smallest absolute Gasteiger partial charge is 0.374 e. The van der Waals surface area contributed by atoms with Crippen LogP contribution in [0.1, 0.15) is 12.5 Å². The normalized spacial score (nSPS) is 11.9. The highest BCUT2D eigenvalue weighted by atomic mass is 19.4. The number of ketones is 1. The molecule has 2 heterocycles. The van der Waals surface area contributed by atoms with Crippen molar-refractivity contribution in [2.75, 3.05) is 13.2 Å². The number of halogens is 4. The van der Waals surface area contributed by atoms with Gasteiger partial charge in [-0.1, -0.05) is 6.07 Å². The van der Waals surface area contributed by atoms with Crippen LogP contribution < -0.4 is 5.56 Å². The molecule has 0 fully saturated rings. The molecule has 2 aromatic heterocycles.